The van der Waals surface area contributed by atoms with Crippen molar-refractivity contribution in [3.63, 3.8) is 0 Å². The van der Waals surface area contributed by atoms with Crippen molar-refractivity contribution in [3.8, 4) is 34.3 Å². The van der Waals surface area contributed by atoms with Crippen molar-refractivity contribution in [3.05, 3.63) is 193 Å². The fourth-order valence-corrected chi connectivity index (χ4v) is 8.69. The van der Waals surface area contributed by atoms with Gasteiger partial charge in [-0.2, -0.15) is 5.26 Å². The molecule has 3 aromatic heterocycles. The van der Waals surface area contributed by atoms with Crippen LogP contribution >= 0.6 is 0 Å². The lowest BCUT2D eigenvalue weighted by molar-refractivity contribution is 1.16. The summed E-state index contributed by atoms with van der Waals surface area (Å²) in [5.74, 6) is 0. The molecule has 5 heteroatoms. The molecule has 254 valence electrons. The maximum atomic E-state index is 10.1. The quantitative estimate of drug-likeness (QED) is 0.169. The average molecular weight is 700 g/mol. The number of para-hydroxylation sites is 4. The highest BCUT2D eigenvalue weighted by atomic mass is 15.0. The molecule has 0 radical (unpaired) electrons. The minimum atomic E-state index is 0.592. The Morgan fingerprint density at radius 3 is 1.44 bits per heavy atom. The van der Waals surface area contributed by atoms with E-state index < -0.39 is 0 Å². The van der Waals surface area contributed by atoms with Gasteiger partial charge >= 0.3 is 0 Å². The third-order valence-electron chi connectivity index (χ3n) is 11.1. The monoisotopic (exact) mass is 699 g/mol. The fraction of sp³-hybridized carbons (Fsp3) is 0. The molecular formula is C50H29N5. The molecule has 0 bridgehead atoms. The molecule has 0 N–H and O–H groups in total. The zero-order valence-electron chi connectivity index (χ0n) is 29.5. The van der Waals surface area contributed by atoms with Gasteiger partial charge in [0, 0.05) is 43.9 Å². The highest BCUT2D eigenvalue weighted by Crippen LogP contribution is 2.41. The van der Waals surface area contributed by atoms with Gasteiger partial charge in [0.15, 0.2) is 5.69 Å². The number of nitrogens with zero attached hydrogens (tertiary/aromatic N) is 5. The van der Waals surface area contributed by atoms with Crippen molar-refractivity contribution in [2.24, 2.45) is 0 Å². The number of nitriles is 1. The maximum Gasteiger partial charge on any atom is 0.188 e. The molecule has 55 heavy (non-hydrogen) atoms. The van der Waals surface area contributed by atoms with Gasteiger partial charge in [-0.25, -0.2) is 4.85 Å². The molecule has 11 rings (SSSR count). The summed E-state index contributed by atoms with van der Waals surface area (Å²) in [4.78, 5) is 3.82. The van der Waals surface area contributed by atoms with Crippen LogP contribution in [0.1, 0.15) is 5.56 Å². The summed E-state index contributed by atoms with van der Waals surface area (Å²) in [6.07, 6.45) is 0. The van der Waals surface area contributed by atoms with Crippen LogP contribution in [0.3, 0.4) is 0 Å². The first-order valence-electron chi connectivity index (χ1n) is 18.3. The van der Waals surface area contributed by atoms with Crippen LogP contribution in [0.4, 0.5) is 5.69 Å². The Balaban J connectivity index is 1.13. The van der Waals surface area contributed by atoms with E-state index in [1.54, 1.807) is 0 Å². The molecule has 0 amide bonds. The van der Waals surface area contributed by atoms with Gasteiger partial charge in [0.1, 0.15) is 0 Å². The van der Waals surface area contributed by atoms with Crippen LogP contribution in [0.5, 0.6) is 0 Å². The molecule has 0 aliphatic heterocycles. The third-order valence-corrected chi connectivity index (χ3v) is 11.1. The van der Waals surface area contributed by atoms with E-state index in [-0.39, 0.29) is 0 Å². The van der Waals surface area contributed by atoms with E-state index in [1.165, 1.54) is 21.5 Å². The van der Waals surface area contributed by atoms with Gasteiger partial charge in [0.2, 0.25) is 0 Å². The molecule has 0 saturated carbocycles. The summed E-state index contributed by atoms with van der Waals surface area (Å²) in [7, 11) is 0. The van der Waals surface area contributed by atoms with Crippen LogP contribution in [-0.2, 0) is 0 Å². The van der Waals surface area contributed by atoms with Crippen LogP contribution < -0.4 is 0 Å². The first kappa shape index (κ1) is 30.7. The second kappa shape index (κ2) is 11.8. The number of hydrogen-bond acceptors (Lipinski definition) is 1. The molecule has 0 atom stereocenters. The molecule has 0 fully saturated rings. The van der Waals surface area contributed by atoms with Crippen molar-refractivity contribution in [2.45, 2.75) is 0 Å². The summed E-state index contributed by atoms with van der Waals surface area (Å²) < 4.78 is 6.93. The predicted molar refractivity (Wildman–Crippen MR) is 226 cm³/mol. The van der Waals surface area contributed by atoms with Gasteiger partial charge in [-0.3, -0.25) is 0 Å². The molecule has 11 aromatic rings. The fourth-order valence-electron chi connectivity index (χ4n) is 8.69. The van der Waals surface area contributed by atoms with Gasteiger partial charge in [-0.1, -0.05) is 91.0 Å². The van der Waals surface area contributed by atoms with E-state index in [4.69, 9.17) is 6.57 Å². The zero-order chi connectivity index (χ0) is 36.6. The molecule has 0 aliphatic rings. The van der Waals surface area contributed by atoms with Crippen molar-refractivity contribution in [1.29, 1.82) is 5.26 Å². The van der Waals surface area contributed by atoms with Crippen LogP contribution in [0, 0.1) is 17.9 Å². The molecule has 3 heterocycles. The zero-order valence-corrected chi connectivity index (χ0v) is 29.5. The summed E-state index contributed by atoms with van der Waals surface area (Å²) in [6.45, 7) is 7.87. The highest BCUT2D eigenvalue weighted by molar-refractivity contribution is 6.13. The molecule has 0 unspecified atom stereocenters. The second-order valence-electron chi connectivity index (χ2n) is 14.0. The maximum absolute atomic E-state index is 10.1. The van der Waals surface area contributed by atoms with Crippen molar-refractivity contribution >= 4 is 71.1 Å². The first-order valence-corrected chi connectivity index (χ1v) is 18.3. The van der Waals surface area contributed by atoms with E-state index in [9.17, 15) is 5.26 Å². The smallest absolute Gasteiger partial charge is 0.188 e. The Morgan fingerprint density at radius 1 is 0.418 bits per heavy atom. The summed E-state index contributed by atoms with van der Waals surface area (Å²) >= 11 is 0. The van der Waals surface area contributed by atoms with Crippen molar-refractivity contribution in [2.75, 3.05) is 0 Å². The molecular weight excluding hydrogens is 671 g/mol. The van der Waals surface area contributed by atoms with E-state index in [0.717, 1.165) is 72.1 Å². The Bertz CT molecular complexity index is 3350. The largest absolute Gasteiger partial charge is 0.309 e. The van der Waals surface area contributed by atoms with E-state index >= 15 is 0 Å². The molecule has 0 spiro atoms. The normalized spacial score (nSPS) is 11.6. The van der Waals surface area contributed by atoms with Crippen molar-refractivity contribution < 1.29 is 0 Å². The lowest BCUT2D eigenvalue weighted by Crippen LogP contribution is -1.99. The number of hydrogen-bond donors (Lipinski definition) is 0. The minimum Gasteiger partial charge on any atom is -0.309 e. The molecule has 0 saturated heterocycles. The minimum absolute atomic E-state index is 0.592. The Labute approximate surface area is 316 Å². The van der Waals surface area contributed by atoms with Gasteiger partial charge in [-0.15, -0.1) is 0 Å². The van der Waals surface area contributed by atoms with Crippen molar-refractivity contribution in [1.82, 2.24) is 13.7 Å². The Morgan fingerprint density at radius 2 is 0.891 bits per heavy atom. The van der Waals surface area contributed by atoms with E-state index in [0.29, 0.717) is 11.3 Å². The number of fused-ring (bicyclic) bond motifs is 9. The molecule has 0 aliphatic carbocycles. The van der Waals surface area contributed by atoms with Gasteiger partial charge in [0.05, 0.1) is 57.0 Å². The van der Waals surface area contributed by atoms with Crippen LogP contribution in [-0.4, -0.2) is 13.7 Å². The highest BCUT2D eigenvalue weighted by Gasteiger charge is 2.20. The molecule has 8 aromatic carbocycles. The van der Waals surface area contributed by atoms with Crippen LogP contribution in [0.2, 0.25) is 0 Å². The van der Waals surface area contributed by atoms with Gasteiger partial charge in [-0.05, 0) is 95.9 Å². The van der Waals surface area contributed by atoms with Gasteiger partial charge < -0.3 is 13.7 Å². The Hall–Kier alpha value is -7.86. The standard InChI is InChI=1S/C50H29N5/c1-52-34-21-26-49-42(29-34)43-30-36(54-46-16-8-4-12-39(46)40-13-5-9-17-47(40)54)24-27-50(43)55(49)48-25-18-32(31-51)28-41(48)33-19-22-35(23-20-33)53-44-14-6-2-10-37(44)38-11-3-7-15-45(38)53/h2-30H. The average Bonchev–Trinajstić information content (AvgIpc) is 3.89. The number of rotatable bonds is 4. The molecule has 5 nitrogen and oxygen atoms in total. The summed E-state index contributed by atoms with van der Waals surface area (Å²) in [6, 6.07) is 63.7. The Kier molecular flexibility index (Phi) is 6.61. The lowest BCUT2D eigenvalue weighted by Gasteiger charge is -2.16. The predicted octanol–water partition coefficient (Wildman–Crippen LogP) is 13.1. The first-order chi connectivity index (χ1) is 27.2. The third kappa shape index (κ3) is 4.51. The lowest BCUT2D eigenvalue weighted by atomic mass is 10.00. The summed E-state index contributed by atoms with van der Waals surface area (Å²) in [5.41, 5.74) is 12.9. The second-order valence-corrected chi connectivity index (χ2v) is 14.0. The van der Waals surface area contributed by atoms with Crippen LogP contribution in [0.15, 0.2) is 176 Å². The topological polar surface area (TPSA) is 42.9 Å². The van der Waals surface area contributed by atoms with Crippen LogP contribution in [0.25, 0.3) is 98.5 Å². The van der Waals surface area contributed by atoms with E-state index in [1.807, 2.05) is 24.3 Å². The summed E-state index contributed by atoms with van der Waals surface area (Å²) in [5, 5.41) is 17.0. The van der Waals surface area contributed by atoms with Gasteiger partial charge in [0.25, 0.3) is 0 Å². The van der Waals surface area contributed by atoms with E-state index in [2.05, 4.69) is 176 Å². The number of benzene rings is 8. The number of aromatic nitrogens is 3. The SMILES string of the molecule is [C-]#[N+]c1ccc2c(c1)c1cc(-n3c4ccccc4c4ccccc43)ccc1n2-c1ccc(C#N)cc1-c1ccc(-n2c3ccccc3c3ccccc32)cc1.